The second-order valence-corrected chi connectivity index (χ2v) is 14.6. The Morgan fingerprint density at radius 1 is 0.695 bits per heavy atom. The van der Waals surface area contributed by atoms with Crippen LogP contribution in [0.3, 0.4) is 0 Å². The smallest absolute Gasteiger partial charge is 0.323 e. The number of aromatic nitrogens is 1. The van der Waals surface area contributed by atoms with Crippen LogP contribution in [-0.4, -0.2) is 62.6 Å². The fourth-order valence-corrected chi connectivity index (χ4v) is 6.73. The largest absolute Gasteiger partial charge is 0.488 e. The van der Waals surface area contributed by atoms with Gasteiger partial charge in [-0.1, -0.05) is 59.6 Å². The zero-order valence-corrected chi connectivity index (χ0v) is 34.1. The Labute approximate surface area is 351 Å². The lowest BCUT2D eigenvalue weighted by Crippen LogP contribution is -2.39. The molecule has 5 rings (SSSR count). The summed E-state index contributed by atoms with van der Waals surface area (Å²) in [7, 11) is 0. The van der Waals surface area contributed by atoms with Gasteiger partial charge in [0.2, 0.25) is 0 Å². The van der Waals surface area contributed by atoms with Crippen molar-refractivity contribution in [3.8, 4) is 34.4 Å². The third-order valence-corrected chi connectivity index (χ3v) is 10.4. The van der Waals surface area contributed by atoms with E-state index in [2.05, 4.69) is 21.7 Å². The summed E-state index contributed by atoms with van der Waals surface area (Å²) >= 11 is 13.3. The lowest BCUT2D eigenvalue weighted by Gasteiger charge is -2.19. The number of carbonyl (C=O) groups is 2. The van der Waals surface area contributed by atoms with Crippen molar-refractivity contribution in [2.45, 2.75) is 65.8 Å². The van der Waals surface area contributed by atoms with Crippen LogP contribution in [0.15, 0.2) is 79.1 Å². The molecule has 0 radical (unpaired) electrons. The number of nitrogens with one attached hydrogen (secondary N) is 2. The molecule has 59 heavy (non-hydrogen) atoms. The van der Waals surface area contributed by atoms with Gasteiger partial charge in [-0.3, -0.25) is 25.2 Å². The fourth-order valence-electron chi connectivity index (χ4n) is 6.25. The number of halogens is 2. The average Bonchev–Trinajstić information content (AvgIpc) is 3.21. The summed E-state index contributed by atoms with van der Waals surface area (Å²) in [4.78, 5) is 26.9. The molecule has 0 saturated carbocycles. The van der Waals surface area contributed by atoms with Crippen molar-refractivity contribution >= 4 is 35.1 Å². The molecule has 0 amide bonds. The van der Waals surface area contributed by atoms with Crippen molar-refractivity contribution in [3.63, 3.8) is 0 Å². The third-order valence-electron chi connectivity index (χ3n) is 9.81. The topological polar surface area (TPSA) is 203 Å². The van der Waals surface area contributed by atoms with Crippen LogP contribution in [-0.2, 0) is 42.5 Å². The van der Waals surface area contributed by atoms with Gasteiger partial charge in [0, 0.05) is 42.7 Å². The molecule has 4 aromatic carbocycles. The van der Waals surface area contributed by atoms with Crippen LogP contribution in [0.2, 0.25) is 10.0 Å². The maximum absolute atomic E-state index is 11.5. The zero-order chi connectivity index (χ0) is 42.6. The minimum absolute atomic E-state index is 0.0211. The van der Waals surface area contributed by atoms with Crippen LogP contribution in [0, 0.1) is 32.1 Å². The summed E-state index contributed by atoms with van der Waals surface area (Å²) in [6.45, 7) is 5.48. The van der Waals surface area contributed by atoms with Gasteiger partial charge in [-0.25, -0.2) is 0 Å². The molecule has 0 aliphatic carbocycles. The van der Waals surface area contributed by atoms with Gasteiger partial charge in [0.05, 0.1) is 28.8 Å². The Morgan fingerprint density at radius 2 is 1.20 bits per heavy atom. The Morgan fingerprint density at radius 3 is 1.73 bits per heavy atom. The fraction of sp³-hybridized carbons (Fsp3) is 0.273. The maximum Gasteiger partial charge on any atom is 0.323 e. The van der Waals surface area contributed by atoms with Crippen molar-refractivity contribution in [2.75, 3.05) is 13.2 Å². The van der Waals surface area contributed by atoms with E-state index in [0.29, 0.717) is 39.0 Å². The molecule has 13 nitrogen and oxygen atoms in total. The van der Waals surface area contributed by atoms with E-state index in [4.69, 9.17) is 37.4 Å². The number of aliphatic hydroxyl groups excluding tert-OH is 2. The van der Waals surface area contributed by atoms with E-state index in [-0.39, 0.29) is 37.9 Å². The predicted octanol–water partition coefficient (Wildman–Crippen LogP) is 6.66. The number of rotatable bonds is 20. The summed E-state index contributed by atoms with van der Waals surface area (Å²) < 4.78 is 18.6. The van der Waals surface area contributed by atoms with Crippen molar-refractivity contribution in [1.82, 2.24) is 15.6 Å². The summed E-state index contributed by atoms with van der Waals surface area (Å²) in [5.41, 5.74) is 9.06. The number of aliphatic hydroxyl groups is 2. The van der Waals surface area contributed by atoms with Crippen LogP contribution in [0.4, 0.5) is 0 Å². The van der Waals surface area contributed by atoms with Crippen LogP contribution < -0.4 is 24.8 Å². The van der Waals surface area contributed by atoms with E-state index in [1.807, 2.05) is 63.2 Å². The molecule has 5 aromatic rings. The normalized spacial score (nSPS) is 12.0. The number of aliphatic carboxylic acids is 2. The van der Waals surface area contributed by atoms with Gasteiger partial charge in [-0.05, 0) is 89.5 Å². The maximum atomic E-state index is 11.5. The summed E-state index contributed by atoms with van der Waals surface area (Å²) in [5, 5.41) is 53.0. The highest BCUT2D eigenvalue weighted by atomic mass is 35.5. The lowest BCUT2D eigenvalue weighted by molar-refractivity contribution is -0.141. The summed E-state index contributed by atoms with van der Waals surface area (Å²) in [5.74, 6) is -1.17. The van der Waals surface area contributed by atoms with Gasteiger partial charge in [0.1, 0.15) is 55.2 Å². The second-order valence-electron chi connectivity index (χ2n) is 13.7. The van der Waals surface area contributed by atoms with E-state index in [1.54, 1.807) is 30.5 Å². The SMILES string of the molecule is Cc1cc(OCc2cccc(-c3cccc(COc4cc(OCc5cncc(C#N)c5)c(CNC(CO)C(=O)O)cc4Cl)c3C)c2C)c(Cl)cc1CNC(CO)C(=O)O. The molecule has 0 fully saturated rings. The van der Waals surface area contributed by atoms with E-state index in [0.717, 1.165) is 44.5 Å². The number of carboxylic acid groups (broad SMARTS) is 2. The molecular weight excluding hydrogens is 799 g/mol. The molecule has 0 aliphatic rings. The first-order chi connectivity index (χ1) is 28.3. The molecule has 2 atom stereocenters. The minimum Gasteiger partial charge on any atom is -0.488 e. The third kappa shape index (κ3) is 11.5. The molecule has 0 saturated heterocycles. The number of benzene rings is 4. The Bertz CT molecular complexity index is 2350. The van der Waals surface area contributed by atoms with Gasteiger partial charge in [0.25, 0.3) is 0 Å². The summed E-state index contributed by atoms with van der Waals surface area (Å²) in [6, 6.07) is 20.2. The Hall–Kier alpha value is -5.72. The highest BCUT2D eigenvalue weighted by Gasteiger charge is 2.20. The molecule has 0 aliphatic heterocycles. The highest BCUT2D eigenvalue weighted by Crippen LogP contribution is 2.36. The Kier molecular flexibility index (Phi) is 15.7. The van der Waals surface area contributed by atoms with Gasteiger partial charge in [-0.2, -0.15) is 5.26 Å². The average molecular weight is 844 g/mol. The number of hydrogen-bond acceptors (Lipinski definition) is 11. The first-order valence-electron chi connectivity index (χ1n) is 18.5. The van der Waals surface area contributed by atoms with Gasteiger partial charge < -0.3 is 34.6 Å². The van der Waals surface area contributed by atoms with Gasteiger partial charge >= 0.3 is 11.9 Å². The number of nitrogens with zero attached hydrogens (tertiary/aromatic N) is 2. The van der Waals surface area contributed by atoms with Gasteiger partial charge in [0.15, 0.2) is 0 Å². The van der Waals surface area contributed by atoms with Crippen LogP contribution in [0.25, 0.3) is 11.1 Å². The Balaban J connectivity index is 1.32. The van der Waals surface area contributed by atoms with E-state index >= 15 is 0 Å². The quantitative estimate of drug-likeness (QED) is 0.0486. The van der Waals surface area contributed by atoms with Crippen molar-refractivity contribution in [3.05, 3.63) is 139 Å². The first-order valence-corrected chi connectivity index (χ1v) is 19.2. The number of pyridine rings is 1. The molecule has 15 heteroatoms. The number of hydrogen-bond donors (Lipinski definition) is 6. The second kappa shape index (κ2) is 20.8. The standard InChI is InChI=1S/C44H44Cl2N4O9/c1-25-10-41(36(45)12-32(25)18-49-38(20-51)43(53)54)58-23-30-6-4-8-34(26(30)2)35-9-5-7-31(27(35)3)24-59-42-14-40(57-22-29-11-28(15-47)16-48-17-29)33(13-37(42)46)19-50-39(21-52)44(55)56/h4-14,16-17,38-39,49-52H,18-24H2,1-3H3,(H,53,54)(H,55,56). The molecule has 308 valence electrons. The molecule has 2 unspecified atom stereocenters. The molecule has 1 aromatic heterocycles. The van der Waals surface area contributed by atoms with Gasteiger partial charge in [-0.15, -0.1) is 0 Å². The number of aryl methyl sites for hydroxylation is 1. The highest BCUT2D eigenvalue weighted by molar-refractivity contribution is 6.32. The van der Waals surface area contributed by atoms with Crippen LogP contribution in [0.1, 0.15) is 50.1 Å². The summed E-state index contributed by atoms with van der Waals surface area (Å²) in [6.07, 6.45) is 3.02. The number of nitriles is 1. The molecular formula is C44H44Cl2N4O9. The number of carboxylic acids is 2. The van der Waals surface area contributed by atoms with E-state index in [1.165, 1.54) is 6.20 Å². The first kappa shape index (κ1) is 44.4. The molecule has 6 N–H and O–H groups in total. The zero-order valence-electron chi connectivity index (χ0n) is 32.6. The molecule has 0 bridgehead atoms. The monoisotopic (exact) mass is 842 g/mol. The lowest BCUT2D eigenvalue weighted by atomic mass is 9.92. The molecule has 0 spiro atoms. The minimum atomic E-state index is -1.21. The van der Waals surface area contributed by atoms with Crippen molar-refractivity contribution in [2.24, 2.45) is 0 Å². The van der Waals surface area contributed by atoms with Crippen molar-refractivity contribution < 1.29 is 44.2 Å². The number of ether oxygens (including phenoxy) is 3. The predicted molar refractivity (Wildman–Crippen MR) is 222 cm³/mol. The van der Waals surface area contributed by atoms with Crippen LogP contribution >= 0.6 is 23.2 Å². The van der Waals surface area contributed by atoms with Crippen LogP contribution in [0.5, 0.6) is 17.2 Å². The van der Waals surface area contributed by atoms with Crippen molar-refractivity contribution in [1.29, 1.82) is 5.26 Å². The van der Waals surface area contributed by atoms with E-state index < -0.39 is 37.2 Å². The van der Waals surface area contributed by atoms with E-state index in [9.17, 15) is 35.3 Å². The molecule has 1 heterocycles.